The first-order valence-corrected chi connectivity index (χ1v) is 6.69. The number of para-hydroxylation sites is 1. The maximum absolute atomic E-state index is 5.83. The van der Waals surface area contributed by atoms with Gasteiger partial charge in [0.25, 0.3) is 0 Å². The Balaban J connectivity index is 1.90. The fraction of sp³-hybridized carbons (Fsp3) is 0.400. The van der Waals surface area contributed by atoms with Gasteiger partial charge in [-0.15, -0.1) is 0 Å². The molecule has 1 aliphatic carbocycles. The minimum absolute atomic E-state index is 0.502. The van der Waals surface area contributed by atoms with Crippen molar-refractivity contribution in [3.05, 3.63) is 36.5 Å². The van der Waals surface area contributed by atoms with Crippen LogP contribution in [0.2, 0.25) is 0 Å². The molecule has 3 heteroatoms. The molecule has 1 fully saturated rings. The zero-order chi connectivity index (χ0) is 12.4. The molecule has 3 N–H and O–H groups in total. The Morgan fingerprint density at radius 2 is 2.11 bits per heavy atom. The van der Waals surface area contributed by atoms with E-state index >= 15 is 0 Å². The molecule has 18 heavy (non-hydrogen) atoms. The van der Waals surface area contributed by atoms with E-state index in [9.17, 15) is 0 Å². The van der Waals surface area contributed by atoms with Gasteiger partial charge < -0.3 is 11.1 Å². The van der Waals surface area contributed by atoms with Gasteiger partial charge in [0, 0.05) is 17.6 Å². The molecule has 94 valence electrons. The van der Waals surface area contributed by atoms with Crippen molar-refractivity contribution in [1.29, 1.82) is 0 Å². The van der Waals surface area contributed by atoms with Crippen LogP contribution in [-0.2, 0) is 0 Å². The average Bonchev–Trinajstić information content (AvgIpc) is 2.86. The number of fused-ring (bicyclic) bond motifs is 1. The van der Waals surface area contributed by atoms with Crippen LogP contribution in [-0.4, -0.2) is 17.6 Å². The Labute approximate surface area is 107 Å². The van der Waals surface area contributed by atoms with E-state index < -0.39 is 0 Å². The Hall–Kier alpha value is -1.61. The van der Waals surface area contributed by atoms with Crippen LogP contribution in [0.4, 0.5) is 5.69 Å². The summed E-state index contributed by atoms with van der Waals surface area (Å²) in [6, 6.07) is 10.9. The number of hydrogen-bond donors (Lipinski definition) is 2. The number of rotatable bonds is 3. The van der Waals surface area contributed by atoms with Crippen LogP contribution in [0.5, 0.6) is 0 Å². The Morgan fingerprint density at radius 3 is 3.00 bits per heavy atom. The molecule has 2 unspecified atom stereocenters. The van der Waals surface area contributed by atoms with Crippen LogP contribution in [0.15, 0.2) is 36.5 Å². The molecule has 0 amide bonds. The number of anilines is 1. The molecule has 1 aliphatic rings. The van der Waals surface area contributed by atoms with E-state index in [0.29, 0.717) is 12.0 Å². The summed E-state index contributed by atoms with van der Waals surface area (Å²) >= 11 is 0. The summed E-state index contributed by atoms with van der Waals surface area (Å²) in [6.45, 7) is 0.774. The number of nitrogens with two attached hydrogens (primary N) is 1. The normalized spacial score (nSPS) is 23.4. The zero-order valence-corrected chi connectivity index (χ0v) is 10.5. The van der Waals surface area contributed by atoms with Crippen molar-refractivity contribution in [2.75, 3.05) is 11.9 Å². The first-order chi connectivity index (χ1) is 8.88. The largest absolute Gasteiger partial charge is 0.380 e. The molecule has 1 aromatic heterocycles. The summed E-state index contributed by atoms with van der Waals surface area (Å²) in [5, 5.41) is 4.83. The summed E-state index contributed by atoms with van der Waals surface area (Å²) in [5.41, 5.74) is 8.03. The van der Waals surface area contributed by atoms with E-state index in [2.05, 4.69) is 34.6 Å². The third-order valence-corrected chi connectivity index (χ3v) is 3.94. The number of benzene rings is 1. The van der Waals surface area contributed by atoms with E-state index in [4.69, 9.17) is 5.73 Å². The topological polar surface area (TPSA) is 50.9 Å². The molecule has 2 atom stereocenters. The second kappa shape index (κ2) is 4.94. The predicted octanol–water partition coefficient (Wildman–Crippen LogP) is 2.77. The standard InChI is InChI=1S/C15H19N3/c16-10-12-5-2-7-13(12)18-14-8-1-4-11-6-3-9-17-15(11)14/h1,3-4,6,8-9,12-13,18H,2,5,7,10,16H2. The summed E-state index contributed by atoms with van der Waals surface area (Å²) < 4.78 is 0. The van der Waals surface area contributed by atoms with Crippen LogP contribution < -0.4 is 11.1 Å². The molecular weight excluding hydrogens is 222 g/mol. The third kappa shape index (κ3) is 2.06. The maximum Gasteiger partial charge on any atom is 0.0933 e. The van der Waals surface area contributed by atoms with Crippen molar-refractivity contribution in [2.45, 2.75) is 25.3 Å². The number of hydrogen-bond acceptors (Lipinski definition) is 3. The van der Waals surface area contributed by atoms with Crippen molar-refractivity contribution in [3.8, 4) is 0 Å². The molecule has 0 saturated heterocycles. The molecular formula is C15H19N3. The van der Waals surface area contributed by atoms with Gasteiger partial charge in [0.2, 0.25) is 0 Å². The summed E-state index contributed by atoms with van der Waals surface area (Å²) in [5.74, 6) is 0.601. The molecule has 0 aliphatic heterocycles. The Morgan fingerprint density at radius 1 is 1.22 bits per heavy atom. The van der Waals surface area contributed by atoms with Crippen molar-refractivity contribution in [3.63, 3.8) is 0 Å². The van der Waals surface area contributed by atoms with Gasteiger partial charge in [-0.2, -0.15) is 0 Å². The molecule has 2 aromatic rings. The van der Waals surface area contributed by atoms with Gasteiger partial charge in [-0.25, -0.2) is 0 Å². The average molecular weight is 241 g/mol. The van der Waals surface area contributed by atoms with Gasteiger partial charge in [0.05, 0.1) is 11.2 Å². The fourth-order valence-electron chi connectivity index (χ4n) is 2.93. The molecule has 3 rings (SSSR count). The minimum Gasteiger partial charge on any atom is -0.380 e. The van der Waals surface area contributed by atoms with Gasteiger partial charge in [-0.3, -0.25) is 4.98 Å². The smallest absolute Gasteiger partial charge is 0.0933 e. The lowest BCUT2D eigenvalue weighted by Crippen LogP contribution is -2.29. The monoisotopic (exact) mass is 241 g/mol. The highest BCUT2D eigenvalue weighted by Gasteiger charge is 2.26. The molecule has 3 nitrogen and oxygen atoms in total. The van der Waals surface area contributed by atoms with Gasteiger partial charge in [-0.1, -0.05) is 24.6 Å². The number of nitrogens with one attached hydrogen (secondary N) is 1. The molecule has 0 spiro atoms. The quantitative estimate of drug-likeness (QED) is 0.868. The summed E-state index contributed by atoms with van der Waals surface area (Å²) in [6.07, 6.45) is 5.58. The first-order valence-electron chi connectivity index (χ1n) is 6.69. The van der Waals surface area contributed by atoms with Crippen LogP contribution in [0, 0.1) is 5.92 Å². The Bertz CT molecular complexity index is 533. The first kappa shape index (κ1) is 11.5. The second-order valence-corrected chi connectivity index (χ2v) is 5.06. The van der Waals surface area contributed by atoms with E-state index in [-0.39, 0.29) is 0 Å². The second-order valence-electron chi connectivity index (χ2n) is 5.06. The van der Waals surface area contributed by atoms with Crippen LogP contribution in [0.1, 0.15) is 19.3 Å². The maximum atomic E-state index is 5.83. The predicted molar refractivity (Wildman–Crippen MR) is 75.5 cm³/mol. The molecule has 1 saturated carbocycles. The van der Waals surface area contributed by atoms with Crippen molar-refractivity contribution < 1.29 is 0 Å². The van der Waals surface area contributed by atoms with Crippen molar-refractivity contribution in [2.24, 2.45) is 11.7 Å². The lowest BCUT2D eigenvalue weighted by atomic mass is 10.0. The van der Waals surface area contributed by atoms with Crippen molar-refractivity contribution in [1.82, 2.24) is 4.98 Å². The lowest BCUT2D eigenvalue weighted by molar-refractivity contribution is 0.517. The Kier molecular flexibility index (Phi) is 3.15. The lowest BCUT2D eigenvalue weighted by Gasteiger charge is -2.21. The van der Waals surface area contributed by atoms with Gasteiger partial charge in [-0.05, 0) is 37.4 Å². The highest BCUT2D eigenvalue weighted by atomic mass is 15.0. The molecule has 0 radical (unpaired) electrons. The highest BCUT2D eigenvalue weighted by Crippen LogP contribution is 2.30. The SMILES string of the molecule is NCC1CCCC1Nc1cccc2cccnc12. The van der Waals surface area contributed by atoms with Gasteiger partial charge >= 0.3 is 0 Å². The van der Waals surface area contributed by atoms with Crippen LogP contribution in [0.3, 0.4) is 0 Å². The number of pyridine rings is 1. The fourth-order valence-corrected chi connectivity index (χ4v) is 2.93. The molecule has 1 aromatic carbocycles. The number of nitrogens with zero attached hydrogens (tertiary/aromatic N) is 1. The van der Waals surface area contributed by atoms with E-state index in [1.165, 1.54) is 24.6 Å². The highest BCUT2D eigenvalue weighted by molar-refractivity contribution is 5.90. The summed E-state index contributed by atoms with van der Waals surface area (Å²) in [7, 11) is 0. The van der Waals surface area contributed by atoms with Gasteiger partial charge in [0.15, 0.2) is 0 Å². The minimum atomic E-state index is 0.502. The van der Waals surface area contributed by atoms with Crippen LogP contribution >= 0.6 is 0 Å². The molecule has 0 bridgehead atoms. The zero-order valence-electron chi connectivity index (χ0n) is 10.5. The van der Waals surface area contributed by atoms with E-state index in [0.717, 1.165) is 17.7 Å². The van der Waals surface area contributed by atoms with Crippen LogP contribution in [0.25, 0.3) is 10.9 Å². The van der Waals surface area contributed by atoms with E-state index in [1.54, 1.807) is 0 Å². The molecule has 1 heterocycles. The summed E-state index contributed by atoms with van der Waals surface area (Å²) in [4.78, 5) is 4.48. The third-order valence-electron chi connectivity index (χ3n) is 3.94. The van der Waals surface area contributed by atoms with Gasteiger partial charge in [0.1, 0.15) is 0 Å². The number of aromatic nitrogens is 1. The van der Waals surface area contributed by atoms with E-state index in [1.807, 2.05) is 12.3 Å². The van der Waals surface area contributed by atoms with Crippen molar-refractivity contribution >= 4 is 16.6 Å².